The van der Waals surface area contributed by atoms with E-state index in [0.29, 0.717) is 4.88 Å². The van der Waals surface area contributed by atoms with E-state index in [4.69, 9.17) is 0 Å². The molecule has 1 unspecified atom stereocenters. The van der Waals surface area contributed by atoms with Gasteiger partial charge in [0.1, 0.15) is 4.88 Å². The lowest BCUT2D eigenvalue weighted by molar-refractivity contribution is 0.0942. The summed E-state index contributed by atoms with van der Waals surface area (Å²) < 4.78 is 5.84. The van der Waals surface area contributed by atoms with E-state index >= 15 is 0 Å². The fraction of sp³-hybridized carbons (Fsp3) is 0.385. The molecule has 21 heavy (non-hydrogen) atoms. The largest absolute Gasteiger partial charge is 0.343 e. The number of imidazole rings is 1. The zero-order valence-corrected chi connectivity index (χ0v) is 13.5. The van der Waals surface area contributed by atoms with E-state index in [2.05, 4.69) is 19.9 Å². The van der Waals surface area contributed by atoms with E-state index in [9.17, 15) is 4.79 Å². The predicted octanol–water partition coefficient (Wildman–Crippen LogP) is 2.86. The Kier molecular flexibility index (Phi) is 3.73. The number of nitrogens with zero attached hydrogens (tertiary/aromatic N) is 4. The normalized spacial score (nSPS) is 13.0. The first-order valence-electron chi connectivity index (χ1n) is 6.61. The Balaban J connectivity index is 1.77. The van der Waals surface area contributed by atoms with Gasteiger partial charge in [-0.2, -0.15) is 0 Å². The van der Waals surface area contributed by atoms with E-state index in [1.165, 1.54) is 0 Å². The number of fused-ring (bicyclic) bond motifs is 1. The summed E-state index contributed by atoms with van der Waals surface area (Å²) in [5.41, 5.74) is 1.59. The average molecular weight is 321 g/mol. The summed E-state index contributed by atoms with van der Waals surface area (Å²) in [6, 6.07) is -0.160. The Labute approximate surface area is 130 Å². The molecule has 0 aromatic carbocycles. The lowest BCUT2D eigenvalue weighted by atomic mass is 10.1. The van der Waals surface area contributed by atoms with Crippen molar-refractivity contribution in [2.24, 2.45) is 0 Å². The summed E-state index contributed by atoms with van der Waals surface area (Å²) in [6.07, 6.45) is 3.89. The number of hydrogen-bond acceptors (Lipinski definition) is 6. The molecule has 0 saturated heterocycles. The molecule has 0 fully saturated rings. The van der Waals surface area contributed by atoms with Crippen LogP contribution in [0, 0.1) is 0 Å². The van der Waals surface area contributed by atoms with Crippen LogP contribution in [-0.4, -0.2) is 24.9 Å². The minimum atomic E-state index is -0.160. The van der Waals surface area contributed by atoms with Crippen LogP contribution in [0.4, 0.5) is 0 Å². The fourth-order valence-corrected chi connectivity index (χ4v) is 3.45. The maximum absolute atomic E-state index is 12.4. The van der Waals surface area contributed by atoms with Crippen LogP contribution in [0.2, 0.25) is 0 Å². The van der Waals surface area contributed by atoms with Crippen molar-refractivity contribution in [1.82, 2.24) is 24.3 Å². The van der Waals surface area contributed by atoms with Crippen LogP contribution in [-0.2, 0) is 0 Å². The minimum Gasteiger partial charge on any atom is -0.343 e. The summed E-state index contributed by atoms with van der Waals surface area (Å²) in [6.45, 7) is 5.93. The van der Waals surface area contributed by atoms with Gasteiger partial charge < -0.3 is 5.32 Å². The Hall–Kier alpha value is -1.80. The Morgan fingerprint density at radius 3 is 2.90 bits per heavy atom. The molecule has 0 aliphatic carbocycles. The number of rotatable bonds is 4. The van der Waals surface area contributed by atoms with Gasteiger partial charge in [0, 0.05) is 17.8 Å². The van der Waals surface area contributed by atoms with E-state index in [-0.39, 0.29) is 17.9 Å². The number of thiazole rings is 1. The third-order valence-electron chi connectivity index (χ3n) is 3.17. The molecule has 0 radical (unpaired) electrons. The first-order chi connectivity index (χ1) is 10.1. The third kappa shape index (κ3) is 2.68. The molecule has 1 atom stereocenters. The van der Waals surface area contributed by atoms with Crippen molar-refractivity contribution in [2.75, 3.05) is 0 Å². The maximum Gasteiger partial charge on any atom is 0.265 e. The Bertz CT molecular complexity index is 744. The number of hydrogen-bond donors (Lipinski definition) is 1. The molecule has 1 amide bonds. The number of carbonyl (C=O) groups excluding carboxylic acids is 1. The van der Waals surface area contributed by atoms with Crippen LogP contribution in [0.5, 0.6) is 0 Å². The fourth-order valence-electron chi connectivity index (χ4n) is 2.02. The summed E-state index contributed by atoms with van der Waals surface area (Å²) in [7, 11) is 0. The van der Waals surface area contributed by atoms with E-state index in [1.54, 1.807) is 11.3 Å². The molecule has 0 saturated carbocycles. The van der Waals surface area contributed by atoms with E-state index < -0.39 is 0 Å². The van der Waals surface area contributed by atoms with Gasteiger partial charge in [0.15, 0.2) is 4.96 Å². The van der Waals surface area contributed by atoms with Gasteiger partial charge in [0.25, 0.3) is 5.91 Å². The van der Waals surface area contributed by atoms with Crippen molar-refractivity contribution >= 4 is 33.7 Å². The van der Waals surface area contributed by atoms with Crippen molar-refractivity contribution in [1.29, 1.82) is 0 Å². The molecule has 1 N–H and O–H groups in total. The summed E-state index contributed by atoms with van der Waals surface area (Å²) in [5.74, 6) is 0.0373. The molecular formula is C13H15N5OS2. The van der Waals surface area contributed by atoms with E-state index in [1.807, 2.05) is 42.9 Å². The van der Waals surface area contributed by atoms with Crippen molar-refractivity contribution in [2.45, 2.75) is 32.7 Å². The van der Waals surface area contributed by atoms with Crippen LogP contribution in [0.25, 0.3) is 4.96 Å². The van der Waals surface area contributed by atoms with Crippen LogP contribution < -0.4 is 5.32 Å². The number of carbonyl (C=O) groups is 1. The highest BCUT2D eigenvalue weighted by Gasteiger charge is 2.21. The zero-order valence-electron chi connectivity index (χ0n) is 11.9. The highest BCUT2D eigenvalue weighted by Crippen LogP contribution is 2.21. The molecule has 110 valence electrons. The molecule has 0 spiro atoms. The summed E-state index contributed by atoms with van der Waals surface area (Å²) in [4.78, 5) is 18.4. The zero-order chi connectivity index (χ0) is 15.0. The van der Waals surface area contributed by atoms with Crippen molar-refractivity contribution < 1.29 is 4.79 Å². The van der Waals surface area contributed by atoms with Crippen LogP contribution in [0.3, 0.4) is 0 Å². The van der Waals surface area contributed by atoms with Crippen molar-refractivity contribution in [3.8, 4) is 0 Å². The lowest BCUT2D eigenvalue weighted by Crippen LogP contribution is -2.27. The number of amides is 1. The molecule has 3 aromatic rings. The smallest absolute Gasteiger partial charge is 0.265 e. The lowest BCUT2D eigenvalue weighted by Gasteiger charge is -2.11. The molecule has 3 aromatic heterocycles. The van der Waals surface area contributed by atoms with Gasteiger partial charge in [-0.3, -0.25) is 9.20 Å². The molecule has 0 bridgehead atoms. The molecule has 0 aliphatic heterocycles. The highest BCUT2D eigenvalue weighted by molar-refractivity contribution is 7.15. The molecule has 6 nitrogen and oxygen atoms in total. The molecule has 3 heterocycles. The second kappa shape index (κ2) is 5.53. The second-order valence-electron chi connectivity index (χ2n) is 5.10. The first kappa shape index (κ1) is 14.2. The van der Waals surface area contributed by atoms with Gasteiger partial charge in [-0.25, -0.2) is 4.98 Å². The standard InChI is InChI=1S/C13H15N5OS2/c1-7(2)10-11(21-17-16-10)12(19)14-8(3)9-6-18-4-5-20-13(18)15-9/h4-8H,1-3H3,(H,14,19). The molecular weight excluding hydrogens is 306 g/mol. The molecule has 8 heteroatoms. The van der Waals surface area contributed by atoms with Crippen LogP contribution in [0.15, 0.2) is 17.8 Å². The predicted molar refractivity (Wildman–Crippen MR) is 82.9 cm³/mol. The van der Waals surface area contributed by atoms with Gasteiger partial charge in [0.05, 0.1) is 17.4 Å². The minimum absolute atomic E-state index is 0.141. The van der Waals surface area contributed by atoms with Crippen molar-refractivity contribution in [3.05, 3.63) is 34.0 Å². The number of nitrogens with one attached hydrogen (secondary N) is 1. The SMILES string of the molecule is CC(C)c1nnsc1C(=O)NC(C)c1cn2ccsc2n1. The highest BCUT2D eigenvalue weighted by atomic mass is 32.1. The number of aromatic nitrogens is 4. The van der Waals surface area contributed by atoms with Gasteiger partial charge in [-0.1, -0.05) is 18.3 Å². The maximum atomic E-state index is 12.4. The quantitative estimate of drug-likeness (QED) is 0.802. The van der Waals surface area contributed by atoms with Gasteiger partial charge in [0.2, 0.25) is 0 Å². The Morgan fingerprint density at radius 2 is 2.19 bits per heavy atom. The second-order valence-corrected chi connectivity index (χ2v) is 6.72. The average Bonchev–Trinajstić information content (AvgIpc) is 3.13. The Morgan fingerprint density at radius 1 is 1.38 bits per heavy atom. The van der Waals surface area contributed by atoms with Crippen LogP contribution in [0.1, 0.15) is 53.8 Å². The van der Waals surface area contributed by atoms with Crippen molar-refractivity contribution in [3.63, 3.8) is 0 Å². The third-order valence-corrected chi connectivity index (χ3v) is 4.68. The van der Waals surface area contributed by atoms with E-state index in [0.717, 1.165) is 27.9 Å². The van der Waals surface area contributed by atoms with Crippen LogP contribution >= 0.6 is 22.9 Å². The van der Waals surface area contributed by atoms with Gasteiger partial charge >= 0.3 is 0 Å². The van der Waals surface area contributed by atoms with Gasteiger partial charge in [-0.05, 0) is 24.4 Å². The summed E-state index contributed by atoms with van der Waals surface area (Å²) >= 11 is 2.70. The summed E-state index contributed by atoms with van der Waals surface area (Å²) in [5, 5.41) is 8.98. The first-order valence-corrected chi connectivity index (χ1v) is 8.26. The van der Waals surface area contributed by atoms with Gasteiger partial charge in [-0.15, -0.1) is 16.4 Å². The topological polar surface area (TPSA) is 72.2 Å². The molecule has 3 rings (SSSR count). The monoisotopic (exact) mass is 321 g/mol. The molecule has 0 aliphatic rings.